The van der Waals surface area contributed by atoms with E-state index in [-0.39, 0.29) is 18.1 Å². The normalized spacial score (nSPS) is 10.9. The SMILES string of the molecule is Cc1ccc(CC(=O)c2cccc(C(C)(C)C#N)c2)cc1C(=O)Nc1ccccc1. The highest BCUT2D eigenvalue weighted by molar-refractivity contribution is 6.05. The fraction of sp³-hybridized carbons (Fsp3) is 0.192. The molecule has 0 fully saturated rings. The van der Waals surface area contributed by atoms with E-state index < -0.39 is 5.41 Å². The molecule has 0 radical (unpaired) electrons. The number of aryl methyl sites for hydroxylation is 1. The average Bonchev–Trinajstić information content (AvgIpc) is 2.75. The molecule has 0 aromatic heterocycles. The molecule has 1 N–H and O–H groups in total. The first-order chi connectivity index (χ1) is 14.3. The molecule has 0 heterocycles. The monoisotopic (exact) mass is 396 g/mol. The van der Waals surface area contributed by atoms with Gasteiger partial charge in [-0.05, 0) is 61.7 Å². The van der Waals surface area contributed by atoms with E-state index in [9.17, 15) is 14.9 Å². The first-order valence-electron chi connectivity index (χ1n) is 9.81. The molecule has 4 nitrogen and oxygen atoms in total. The number of amides is 1. The van der Waals surface area contributed by atoms with Crippen molar-refractivity contribution in [3.05, 3.63) is 101 Å². The molecule has 1 amide bonds. The molecule has 0 saturated heterocycles. The lowest BCUT2D eigenvalue weighted by Crippen LogP contribution is -2.15. The lowest BCUT2D eigenvalue weighted by molar-refractivity contribution is 0.0988. The van der Waals surface area contributed by atoms with Gasteiger partial charge in [-0.1, -0.05) is 48.5 Å². The molecule has 0 spiro atoms. The second kappa shape index (κ2) is 8.75. The number of ketones is 1. The van der Waals surface area contributed by atoms with Crippen LogP contribution in [0.1, 0.15) is 51.3 Å². The summed E-state index contributed by atoms with van der Waals surface area (Å²) < 4.78 is 0. The maximum absolute atomic E-state index is 12.9. The van der Waals surface area contributed by atoms with Gasteiger partial charge in [0.15, 0.2) is 5.78 Å². The maximum atomic E-state index is 12.9. The fourth-order valence-electron chi connectivity index (χ4n) is 3.18. The van der Waals surface area contributed by atoms with Gasteiger partial charge in [-0.2, -0.15) is 5.26 Å². The van der Waals surface area contributed by atoms with E-state index in [4.69, 9.17) is 0 Å². The smallest absolute Gasteiger partial charge is 0.255 e. The summed E-state index contributed by atoms with van der Waals surface area (Å²) in [6, 6.07) is 24.2. The summed E-state index contributed by atoms with van der Waals surface area (Å²) in [7, 11) is 0. The quantitative estimate of drug-likeness (QED) is 0.561. The van der Waals surface area contributed by atoms with Crippen LogP contribution in [0.3, 0.4) is 0 Å². The van der Waals surface area contributed by atoms with Crippen molar-refractivity contribution in [1.82, 2.24) is 0 Å². The molecule has 0 aliphatic rings. The second-order valence-corrected chi connectivity index (χ2v) is 7.89. The van der Waals surface area contributed by atoms with Crippen molar-refractivity contribution in [3.8, 4) is 6.07 Å². The minimum absolute atomic E-state index is 0.0520. The molecular weight excluding hydrogens is 372 g/mol. The molecular formula is C26H24N2O2. The zero-order valence-electron chi connectivity index (χ0n) is 17.4. The average molecular weight is 396 g/mol. The molecule has 30 heavy (non-hydrogen) atoms. The maximum Gasteiger partial charge on any atom is 0.255 e. The van der Waals surface area contributed by atoms with Crippen LogP contribution in [0.2, 0.25) is 0 Å². The van der Waals surface area contributed by atoms with E-state index in [0.29, 0.717) is 11.1 Å². The van der Waals surface area contributed by atoms with Crippen LogP contribution in [0.5, 0.6) is 0 Å². The Morgan fingerprint density at radius 3 is 2.40 bits per heavy atom. The third-order valence-electron chi connectivity index (χ3n) is 5.13. The number of benzene rings is 3. The molecule has 0 aliphatic heterocycles. The van der Waals surface area contributed by atoms with Crippen LogP contribution in [0.4, 0.5) is 5.69 Å². The van der Waals surface area contributed by atoms with E-state index >= 15 is 0 Å². The van der Waals surface area contributed by atoms with Crippen LogP contribution in [-0.4, -0.2) is 11.7 Å². The zero-order chi connectivity index (χ0) is 21.7. The number of anilines is 1. The van der Waals surface area contributed by atoms with E-state index in [1.165, 1.54) is 0 Å². The summed E-state index contributed by atoms with van der Waals surface area (Å²) in [5.41, 5.74) is 3.59. The number of para-hydroxylation sites is 1. The minimum Gasteiger partial charge on any atom is -0.322 e. The van der Waals surface area contributed by atoms with Gasteiger partial charge in [0.05, 0.1) is 11.5 Å². The number of carbonyl (C=O) groups excluding carboxylic acids is 2. The summed E-state index contributed by atoms with van der Waals surface area (Å²) in [5.74, 6) is -0.255. The predicted octanol–water partition coefficient (Wildman–Crippen LogP) is 5.47. The standard InChI is InChI=1S/C26H24N2O2/c1-18-12-13-19(14-23(18)25(30)28-22-10-5-4-6-11-22)15-24(29)20-8-7-9-21(16-20)26(2,3)17-27/h4-14,16H,15H2,1-3H3,(H,28,30). The fourth-order valence-corrected chi connectivity index (χ4v) is 3.18. The van der Waals surface area contributed by atoms with Crippen molar-refractivity contribution >= 4 is 17.4 Å². The summed E-state index contributed by atoms with van der Waals surface area (Å²) in [6.45, 7) is 5.53. The molecule has 0 atom stereocenters. The third-order valence-corrected chi connectivity index (χ3v) is 5.13. The van der Waals surface area contributed by atoms with E-state index in [1.54, 1.807) is 24.3 Å². The van der Waals surface area contributed by atoms with E-state index in [0.717, 1.165) is 22.4 Å². The van der Waals surface area contributed by atoms with Gasteiger partial charge in [-0.25, -0.2) is 0 Å². The summed E-state index contributed by atoms with van der Waals surface area (Å²) in [4.78, 5) is 25.6. The molecule has 150 valence electrons. The highest BCUT2D eigenvalue weighted by atomic mass is 16.1. The van der Waals surface area contributed by atoms with Crippen LogP contribution >= 0.6 is 0 Å². The highest BCUT2D eigenvalue weighted by Crippen LogP contribution is 2.24. The summed E-state index contributed by atoms with van der Waals surface area (Å²) in [5, 5.41) is 12.2. The Hall–Kier alpha value is -3.71. The molecule has 3 rings (SSSR count). The van der Waals surface area contributed by atoms with E-state index in [1.807, 2.05) is 69.3 Å². The Morgan fingerprint density at radius 2 is 1.70 bits per heavy atom. The lowest BCUT2D eigenvalue weighted by atomic mass is 9.85. The summed E-state index contributed by atoms with van der Waals surface area (Å²) in [6.07, 6.45) is 0.183. The molecule has 0 bridgehead atoms. The molecule has 0 unspecified atom stereocenters. The number of Topliss-reactive ketones (excluding diaryl/α,β-unsaturated/α-hetero) is 1. The van der Waals surface area contributed by atoms with Gasteiger partial charge in [0.1, 0.15) is 0 Å². The number of hydrogen-bond donors (Lipinski definition) is 1. The Labute approximate surface area is 177 Å². The van der Waals surface area contributed by atoms with Gasteiger partial charge in [0.25, 0.3) is 5.91 Å². The third kappa shape index (κ3) is 4.82. The molecule has 0 saturated carbocycles. The topological polar surface area (TPSA) is 70.0 Å². The Morgan fingerprint density at radius 1 is 0.967 bits per heavy atom. The van der Waals surface area contributed by atoms with Crippen LogP contribution in [0.15, 0.2) is 72.8 Å². The van der Waals surface area contributed by atoms with Gasteiger partial charge in [0, 0.05) is 23.2 Å². The molecule has 4 heteroatoms. The number of carbonyl (C=O) groups is 2. The van der Waals surface area contributed by atoms with Crippen LogP contribution in [0.25, 0.3) is 0 Å². The Bertz CT molecular complexity index is 1130. The van der Waals surface area contributed by atoms with Gasteiger partial charge in [0.2, 0.25) is 0 Å². The first kappa shape index (κ1) is 21.0. The van der Waals surface area contributed by atoms with Crippen LogP contribution < -0.4 is 5.32 Å². The molecule has 0 aliphatic carbocycles. The van der Waals surface area contributed by atoms with Gasteiger partial charge in [-0.15, -0.1) is 0 Å². The van der Waals surface area contributed by atoms with Crippen molar-refractivity contribution in [2.24, 2.45) is 0 Å². The van der Waals surface area contributed by atoms with Crippen molar-refractivity contribution in [3.63, 3.8) is 0 Å². The number of nitriles is 1. The first-order valence-corrected chi connectivity index (χ1v) is 9.81. The Kier molecular flexibility index (Phi) is 6.13. The van der Waals surface area contributed by atoms with Crippen molar-refractivity contribution in [2.45, 2.75) is 32.6 Å². The number of nitrogens with zero attached hydrogens (tertiary/aromatic N) is 1. The van der Waals surface area contributed by atoms with Crippen LogP contribution in [0, 0.1) is 18.3 Å². The van der Waals surface area contributed by atoms with Crippen molar-refractivity contribution in [2.75, 3.05) is 5.32 Å². The number of nitrogens with one attached hydrogen (secondary N) is 1. The van der Waals surface area contributed by atoms with Crippen molar-refractivity contribution < 1.29 is 9.59 Å². The summed E-state index contributed by atoms with van der Waals surface area (Å²) >= 11 is 0. The zero-order valence-corrected chi connectivity index (χ0v) is 17.4. The highest BCUT2D eigenvalue weighted by Gasteiger charge is 2.21. The second-order valence-electron chi connectivity index (χ2n) is 7.89. The minimum atomic E-state index is -0.664. The van der Waals surface area contributed by atoms with Gasteiger partial charge in [-0.3, -0.25) is 9.59 Å². The van der Waals surface area contributed by atoms with Crippen LogP contribution in [-0.2, 0) is 11.8 Å². The Balaban J connectivity index is 1.80. The van der Waals surface area contributed by atoms with Gasteiger partial charge < -0.3 is 5.32 Å². The number of rotatable bonds is 6. The molecule has 3 aromatic rings. The van der Waals surface area contributed by atoms with Gasteiger partial charge >= 0.3 is 0 Å². The largest absolute Gasteiger partial charge is 0.322 e. The molecule has 3 aromatic carbocycles. The lowest BCUT2D eigenvalue weighted by Gasteiger charge is -2.16. The van der Waals surface area contributed by atoms with E-state index in [2.05, 4.69) is 11.4 Å². The predicted molar refractivity (Wildman–Crippen MR) is 119 cm³/mol. The van der Waals surface area contributed by atoms with Crippen molar-refractivity contribution in [1.29, 1.82) is 5.26 Å². The number of hydrogen-bond acceptors (Lipinski definition) is 3.